The van der Waals surface area contributed by atoms with Gasteiger partial charge in [0.15, 0.2) is 11.6 Å². The van der Waals surface area contributed by atoms with Crippen LogP contribution in [-0.4, -0.2) is 59.8 Å². The number of carbonyl (C=O) groups excluding carboxylic acids is 2. The first kappa shape index (κ1) is 24.3. The van der Waals surface area contributed by atoms with Gasteiger partial charge < -0.3 is 14.7 Å². The molecule has 0 saturated heterocycles. The van der Waals surface area contributed by atoms with E-state index < -0.39 is 11.6 Å². The van der Waals surface area contributed by atoms with E-state index in [0.717, 1.165) is 36.7 Å². The first-order valence-electron chi connectivity index (χ1n) is 10.9. The number of carbonyl (C=O) groups is 2. The second-order valence-corrected chi connectivity index (χ2v) is 9.22. The summed E-state index contributed by atoms with van der Waals surface area (Å²) < 4.78 is 28.4. The summed E-state index contributed by atoms with van der Waals surface area (Å²) in [7, 11) is 2.00. The van der Waals surface area contributed by atoms with Crippen LogP contribution < -0.4 is 4.90 Å². The summed E-state index contributed by atoms with van der Waals surface area (Å²) in [4.78, 5) is 35.6. The third kappa shape index (κ3) is 6.10. The van der Waals surface area contributed by atoms with E-state index in [1.165, 1.54) is 16.2 Å². The summed E-state index contributed by atoms with van der Waals surface area (Å²) in [6.45, 7) is 6.18. The molecule has 2 amide bonds. The maximum atomic E-state index is 14.2. The van der Waals surface area contributed by atoms with Gasteiger partial charge in [-0.15, -0.1) is 11.3 Å². The van der Waals surface area contributed by atoms with Crippen molar-refractivity contribution in [2.45, 2.75) is 46.1 Å². The van der Waals surface area contributed by atoms with Crippen LogP contribution in [0.3, 0.4) is 0 Å². The molecule has 0 atom stereocenters. The molecular formula is C23H30F2N4O2S. The molecule has 32 heavy (non-hydrogen) atoms. The van der Waals surface area contributed by atoms with E-state index in [-0.39, 0.29) is 31.2 Å². The van der Waals surface area contributed by atoms with Crippen molar-refractivity contribution in [3.05, 3.63) is 45.4 Å². The van der Waals surface area contributed by atoms with E-state index in [1.54, 1.807) is 11.8 Å². The van der Waals surface area contributed by atoms with Crippen LogP contribution in [0.4, 0.5) is 14.5 Å². The van der Waals surface area contributed by atoms with Crippen LogP contribution in [0.15, 0.2) is 17.5 Å². The molecule has 0 unspecified atom stereocenters. The Hall–Kier alpha value is -2.39. The lowest BCUT2D eigenvalue weighted by atomic mass is 10.1. The highest BCUT2D eigenvalue weighted by Crippen LogP contribution is 2.27. The van der Waals surface area contributed by atoms with Crippen LogP contribution in [0.5, 0.6) is 0 Å². The van der Waals surface area contributed by atoms with Crippen molar-refractivity contribution in [2.24, 2.45) is 0 Å². The van der Waals surface area contributed by atoms with Crippen LogP contribution in [0, 0.1) is 18.6 Å². The van der Waals surface area contributed by atoms with Crippen LogP contribution in [-0.2, 0) is 22.6 Å². The van der Waals surface area contributed by atoms with Gasteiger partial charge in [0.25, 0.3) is 0 Å². The van der Waals surface area contributed by atoms with Crippen LogP contribution in [0.2, 0.25) is 0 Å². The summed E-state index contributed by atoms with van der Waals surface area (Å²) in [6.07, 6.45) is 1.87. The number of rotatable bonds is 3. The minimum atomic E-state index is -1.00. The number of aryl methyl sites for hydroxylation is 1. The maximum Gasteiger partial charge on any atom is 0.228 e. The average Bonchev–Trinajstić information content (AvgIpc) is 3.16. The van der Waals surface area contributed by atoms with E-state index in [2.05, 4.69) is 9.88 Å². The van der Waals surface area contributed by atoms with E-state index >= 15 is 0 Å². The average molecular weight is 465 g/mol. The van der Waals surface area contributed by atoms with Gasteiger partial charge in [-0.2, -0.15) is 0 Å². The first-order valence-corrected chi connectivity index (χ1v) is 11.8. The standard InChI is InChI=1S/C23H30F2N4O2S/c1-4-22(30)29-10-6-8-27(3)7-5-9-28(23(31)12-18-15-32-16(2)26-18)14-17-11-19(24)20(25)13-21(17)29/h11,13,15H,4-10,12,14H2,1-3H3. The molecule has 0 bridgehead atoms. The van der Waals surface area contributed by atoms with E-state index in [0.29, 0.717) is 36.5 Å². The fraction of sp³-hybridized carbons (Fsp3) is 0.522. The summed E-state index contributed by atoms with van der Waals surface area (Å²) >= 11 is 1.49. The number of fused-ring (bicyclic) bond motifs is 1. The third-order valence-electron chi connectivity index (χ3n) is 5.62. The van der Waals surface area contributed by atoms with Gasteiger partial charge in [0.1, 0.15) is 0 Å². The molecule has 0 aliphatic carbocycles. The molecule has 0 spiro atoms. The van der Waals surface area contributed by atoms with Crippen molar-refractivity contribution in [1.82, 2.24) is 14.8 Å². The molecule has 1 aromatic carbocycles. The molecule has 0 N–H and O–H groups in total. The minimum absolute atomic E-state index is 0.103. The van der Waals surface area contributed by atoms with Crippen molar-refractivity contribution in [3.63, 3.8) is 0 Å². The van der Waals surface area contributed by atoms with E-state index in [9.17, 15) is 18.4 Å². The second kappa shape index (κ2) is 11.0. The molecule has 0 fully saturated rings. The van der Waals surface area contributed by atoms with Gasteiger partial charge in [0.05, 0.1) is 22.8 Å². The lowest BCUT2D eigenvalue weighted by molar-refractivity contribution is -0.131. The molecule has 2 aromatic rings. The zero-order chi connectivity index (χ0) is 23.3. The fourth-order valence-electron chi connectivity index (χ4n) is 3.92. The molecule has 3 rings (SSSR count). The topological polar surface area (TPSA) is 56.8 Å². The predicted molar refractivity (Wildman–Crippen MR) is 122 cm³/mol. The molecular weight excluding hydrogens is 434 g/mol. The summed E-state index contributed by atoms with van der Waals surface area (Å²) in [5.74, 6) is -2.27. The lowest BCUT2D eigenvalue weighted by Gasteiger charge is -2.31. The molecule has 1 aliphatic heterocycles. The van der Waals surface area contributed by atoms with Gasteiger partial charge in [-0.25, -0.2) is 13.8 Å². The van der Waals surface area contributed by atoms with E-state index in [4.69, 9.17) is 0 Å². The van der Waals surface area contributed by atoms with Crippen LogP contribution in [0.1, 0.15) is 42.5 Å². The van der Waals surface area contributed by atoms with Gasteiger partial charge in [0.2, 0.25) is 11.8 Å². The Morgan fingerprint density at radius 3 is 2.41 bits per heavy atom. The number of hydrogen-bond acceptors (Lipinski definition) is 5. The van der Waals surface area contributed by atoms with Crippen LogP contribution >= 0.6 is 11.3 Å². The highest BCUT2D eigenvalue weighted by Gasteiger charge is 2.24. The Morgan fingerprint density at radius 2 is 1.75 bits per heavy atom. The Kier molecular flexibility index (Phi) is 8.31. The SMILES string of the molecule is CCC(=O)N1CCCN(C)CCCN(C(=O)Cc2csc(C)n2)Cc2cc(F)c(F)cc21. The number of thiazole rings is 1. The molecule has 9 heteroatoms. The highest BCUT2D eigenvalue weighted by atomic mass is 32.1. The molecule has 0 radical (unpaired) electrons. The molecule has 2 heterocycles. The summed E-state index contributed by atoms with van der Waals surface area (Å²) in [6, 6.07) is 2.20. The largest absolute Gasteiger partial charge is 0.338 e. The number of hydrogen-bond donors (Lipinski definition) is 0. The Labute approximate surface area is 191 Å². The van der Waals surface area contributed by atoms with Crippen molar-refractivity contribution in [2.75, 3.05) is 38.1 Å². The number of nitrogens with zero attached hydrogens (tertiary/aromatic N) is 4. The van der Waals surface area contributed by atoms with Gasteiger partial charge in [-0.05, 0) is 51.5 Å². The quantitative estimate of drug-likeness (QED) is 0.694. The van der Waals surface area contributed by atoms with Crippen molar-refractivity contribution in [1.29, 1.82) is 0 Å². The predicted octanol–water partition coefficient (Wildman–Crippen LogP) is 3.77. The molecule has 1 aliphatic rings. The zero-order valence-corrected chi connectivity index (χ0v) is 19.7. The number of benzene rings is 1. The first-order chi connectivity index (χ1) is 15.3. The molecule has 1 aromatic heterocycles. The number of amides is 2. The third-order valence-corrected chi connectivity index (χ3v) is 6.44. The van der Waals surface area contributed by atoms with Crippen molar-refractivity contribution in [3.8, 4) is 0 Å². The molecule has 174 valence electrons. The Morgan fingerprint density at radius 1 is 1.06 bits per heavy atom. The normalized spacial score (nSPS) is 16.3. The Balaban J connectivity index is 1.97. The highest BCUT2D eigenvalue weighted by molar-refractivity contribution is 7.09. The van der Waals surface area contributed by atoms with Crippen molar-refractivity contribution < 1.29 is 18.4 Å². The fourth-order valence-corrected chi connectivity index (χ4v) is 4.53. The maximum absolute atomic E-state index is 14.2. The van der Waals surface area contributed by atoms with Gasteiger partial charge in [0, 0.05) is 37.5 Å². The number of aromatic nitrogens is 1. The summed E-state index contributed by atoms with van der Waals surface area (Å²) in [5, 5.41) is 2.75. The monoisotopic (exact) mass is 464 g/mol. The number of halogens is 2. The zero-order valence-electron chi connectivity index (χ0n) is 18.9. The lowest BCUT2D eigenvalue weighted by Crippen LogP contribution is -2.38. The van der Waals surface area contributed by atoms with E-state index in [1.807, 2.05) is 19.4 Å². The molecule has 6 nitrogen and oxygen atoms in total. The van der Waals surface area contributed by atoms with Gasteiger partial charge >= 0.3 is 0 Å². The second-order valence-electron chi connectivity index (χ2n) is 8.15. The van der Waals surface area contributed by atoms with Crippen molar-refractivity contribution >= 4 is 28.8 Å². The Bertz CT molecular complexity index is 965. The number of anilines is 1. The van der Waals surface area contributed by atoms with Gasteiger partial charge in [-0.3, -0.25) is 9.59 Å². The van der Waals surface area contributed by atoms with Crippen LogP contribution in [0.25, 0.3) is 0 Å². The minimum Gasteiger partial charge on any atom is -0.338 e. The smallest absolute Gasteiger partial charge is 0.228 e. The van der Waals surface area contributed by atoms with Gasteiger partial charge in [-0.1, -0.05) is 6.92 Å². The molecule has 0 saturated carbocycles. The summed E-state index contributed by atoms with van der Waals surface area (Å²) in [5.41, 5.74) is 1.47.